The third-order valence-electron chi connectivity index (χ3n) is 9.78. The first-order valence-corrected chi connectivity index (χ1v) is 17.7. The Labute approximate surface area is 304 Å². The lowest BCUT2D eigenvalue weighted by Crippen LogP contribution is -2.51. The van der Waals surface area contributed by atoms with E-state index in [0.717, 1.165) is 35.2 Å². The topological polar surface area (TPSA) is 175 Å². The quantitative estimate of drug-likeness (QED) is 0.216. The minimum absolute atomic E-state index is 0.113. The number of carbonyl (C=O) groups is 5. The van der Waals surface area contributed by atoms with E-state index < -0.39 is 24.3 Å². The zero-order chi connectivity index (χ0) is 37.5. The molecule has 5 rings (SSSR count). The van der Waals surface area contributed by atoms with Crippen molar-refractivity contribution in [1.29, 1.82) is 0 Å². The van der Waals surface area contributed by atoms with Crippen LogP contribution in [0.15, 0.2) is 54.7 Å². The third kappa shape index (κ3) is 8.72. The van der Waals surface area contributed by atoms with E-state index in [2.05, 4.69) is 30.7 Å². The second-order valence-electron chi connectivity index (χ2n) is 14.0. The highest BCUT2D eigenvalue weighted by Gasteiger charge is 2.38. The summed E-state index contributed by atoms with van der Waals surface area (Å²) in [6.07, 6.45) is 2.62. The van der Waals surface area contributed by atoms with Crippen molar-refractivity contribution >= 4 is 35.6 Å². The van der Waals surface area contributed by atoms with Gasteiger partial charge in [-0.3, -0.25) is 14.4 Å². The number of aromatic nitrogens is 2. The Balaban J connectivity index is 1.17. The van der Waals surface area contributed by atoms with Gasteiger partial charge in [0.1, 0.15) is 17.9 Å². The highest BCUT2D eigenvalue weighted by Crippen LogP contribution is 2.33. The highest BCUT2D eigenvalue weighted by molar-refractivity contribution is 5.94. The van der Waals surface area contributed by atoms with E-state index in [9.17, 15) is 24.0 Å². The van der Waals surface area contributed by atoms with Crippen LogP contribution in [0, 0.1) is 17.8 Å². The molecule has 52 heavy (non-hydrogen) atoms. The predicted octanol–water partition coefficient (Wildman–Crippen LogP) is 4.96. The summed E-state index contributed by atoms with van der Waals surface area (Å²) in [6, 6.07) is 14.0. The molecule has 1 aromatic heterocycles. The lowest BCUT2D eigenvalue weighted by molar-refractivity contribution is -0.135. The van der Waals surface area contributed by atoms with Gasteiger partial charge in [-0.2, -0.15) is 0 Å². The number of rotatable bonds is 11. The van der Waals surface area contributed by atoms with Crippen molar-refractivity contribution in [3.63, 3.8) is 0 Å². The molecule has 2 fully saturated rings. The second kappa shape index (κ2) is 16.7. The number of hydrogen-bond acceptors (Lipinski definition) is 8. The Morgan fingerprint density at radius 2 is 1.33 bits per heavy atom. The van der Waals surface area contributed by atoms with Gasteiger partial charge in [0.05, 0.1) is 38.1 Å². The molecule has 0 spiro atoms. The number of imidazole rings is 1. The van der Waals surface area contributed by atoms with Crippen molar-refractivity contribution < 1.29 is 33.4 Å². The molecule has 0 saturated carbocycles. The van der Waals surface area contributed by atoms with Gasteiger partial charge in [-0.15, -0.1) is 0 Å². The van der Waals surface area contributed by atoms with Gasteiger partial charge in [-0.05, 0) is 59.9 Å². The summed E-state index contributed by atoms with van der Waals surface area (Å²) in [6.45, 7) is 8.77. The van der Waals surface area contributed by atoms with E-state index >= 15 is 0 Å². The zero-order valence-electron chi connectivity index (χ0n) is 30.6. The lowest BCUT2D eigenvalue weighted by atomic mass is 10.0. The molecule has 0 radical (unpaired) electrons. The molecule has 3 aromatic rings. The maximum absolute atomic E-state index is 13.5. The van der Waals surface area contributed by atoms with Crippen LogP contribution in [0.25, 0.3) is 22.4 Å². The van der Waals surface area contributed by atoms with E-state index in [4.69, 9.17) is 4.74 Å². The van der Waals surface area contributed by atoms with E-state index in [1.54, 1.807) is 16.0 Å². The van der Waals surface area contributed by atoms with E-state index in [0.29, 0.717) is 31.0 Å². The summed E-state index contributed by atoms with van der Waals surface area (Å²) in [5.41, 5.74) is 4.41. The molecule has 2 aliphatic rings. The van der Waals surface area contributed by atoms with Gasteiger partial charge in [-0.25, -0.2) is 14.6 Å². The van der Waals surface area contributed by atoms with E-state index in [1.807, 2.05) is 76.2 Å². The molecule has 0 unspecified atom stereocenters. The molecule has 2 aromatic carbocycles. The molecule has 4 N–H and O–H groups in total. The number of aromatic amines is 1. The monoisotopic (exact) mass is 715 g/mol. The van der Waals surface area contributed by atoms with Crippen molar-refractivity contribution in [2.24, 2.45) is 17.8 Å². The molecule has 0 aliphatic carbocycles. The fraction of sp³-hybridized carbons (Fsp3) is 0.474. The Morgan fingerprint density at radius 3 is 1.90 bits per heavy atom. The van der Waals surface area contributed by atoms with Gasteiger partial charge in [0.2, 0.25) is 17.7 Å². The number of anilines is 1. The molecule has 4 atom stereocenters. The number of nitrogens with one attached hydrogen (secondary N) is 4. The fourth-order valence-corrected chi connectivity index (χ4v) is 6.75. The van der Waals surface area contributed by atoms with Crippen LogP contribution in [0.5, 0.6) is 0 Å². The molecule has 14 heteroatoms. The van der Waals surface area contributed by atoms with Crippen molar-refractivity contribution in [2.75, 3.05) is 39.2 Å². The third-order valence-corrected chi connectivity index (χ3v) is 9.78. The number of ether oxygens (including phenoxy) is 2. The number of amides is 5. The number of alkyl carbamates (subject to hydrolysis) is 2. The Morgan fingerprint density at radius 1 is 0.769 bits per heavy atom. The van der Waals surface area contributed by atoms with Crippen LogP contribution in [0.4, 0.5) is 15.3 Å². The summed E-state index contributed by atoms with van der Waals surface area (Å²) in [7, 11) is 2.53. The minimum Gasteiger partial charge on any atom is -0.453 e. The first-order valence-electron chi connectivity index (χ1n) is 17.7. The first-order chi connectivity index (χ1) is 24.9. The van der Waals surface area contributed by atoms with Gasteiger partial charge in [0.25, 0.3) is 0 Å². The maximum atomic E-state index is 13.5. The number of H-pyrrole nitrogens is 1. The highest BCUT2D eigenvalue weighted by atomic mass is 16.5. The van der Waals surface area contributed by atoms with Crippen LogP contribution in [-0.2, 0) is 23.9 Å². The number of likely N-dealkylation sites (tertiary alicyclic amines) is 2. The fourth-order valence-electron chi connectivity index (χ4n) is 6.75. The van der Waals surface area contributed by atoms with Crippen LogP contribution < -0.4 is 16.0 Å². The van der Waals surface area contributed by atoms with Crippen molar-refractivity contribution in [3.05, 3.63) is 60.6 Å². The zero-order valence-corrected chi connectivity index (χ0v) is 30.6. The number of methoxy groups -OCH3 is 2. The molecule has 0 bridgehead atoms. The first kappa shape index (κ1) is 37.8. The molecule has 2 saturated heterocycles. The smallest absolute Gasteiger partial charge is 0.407 e. The van der Waals surface area contributed by atoms with E-state index in [1.165, 1.54) is 14.2 Å². The van der Waals surface area contributed by atoms with E-state index in [-0.39, 0.29) is 48.1 Å². The molecular weight excluding hydrogens is 666 g/mol. The molecule has 3 heterocycles. The standard InChI is InChI=1S/C38H49N7O7/c1-22(2)31(42-37(49)51-5)35(47)44-19-17-27(21-44)34(46)40-28-15-13-25(14-16-28)24-9-11-26(12-10-24)29-20-39-33(41-29)30-8-7-18-45(30)36(48)32(23(3)4)43-38(50)52-6/h9-16,20,22-23,27,30-32H,7-8,17-19,21H2,1-6H3,(H,39,41)(H,40,46)(H,42,49)(H,43,50)/t27-,30-,31+,32-/m0/s1. The number of carbonyl (C=O) groups excluding carboxylic acids is 5. The molecule has 278 valence electrons. The Bertz CT molecular complexity index is 1740. The van der Waals surface area contributed by atoms with Gasteiger partial charge in [0.15, 0.2) is 0 Å². The van der Waals surface area contributed by atoms with Crippen LogP contribution in [-0.4, -0.2) is 95.6 Å². The van der Waals surface area contributed by atoms with Crippen molar-refractivity contribution in [1.82, 2.24) is 30.4 Å². The molecular formula is C38H49N7O7. The number of nitrogens with zero attached hydrogens (tertiary/aromatic N) is 3. The predicted molar refractivity (Wildman–Crippen MR) is 195 cm³/mol. The van der Waals surface area contributed by atoms with Gasteiger partial charge >= 0.3 is 12.2 Å². The Hall–Kier alpha value is -5.40. The molecule has 2 aliphatic heterocycles. The van der Waals surface area contributed by atoms with Crippen LogP contribution >= 0.6 is 0 Å². The minimum atomic E-state index is -0.727. The van der Waals surface area contributed by atoms with Crippen molar-refractivity contribution in [3.8, 4) is 22.4 Å². The average molecular weight is 716 g/mol. The maximum Gasteiger partial charge on any atom is 0.407 e. The average Bonchev–Trinajstić information content (AvgIpc) is 3.94. The largest absolute Gasteiger partial charge is 0.453 e. The van der Waals surface area contributed by atoms with Crippen molar-refractivity contribution in [2.45, 2.75) is 65.1 Å². The Kier molecular flexibility index (Phi) is 12.2. The van der Waals surface area contributed by atoms with Crippen LogP contribution in [0.1, 0.15) is 58.8 Å². The summed E-state index contributed by atoms with van der Waals surface area (Å²) >= 11 is 0. The van der Waals surface area contributed by atoms with Crippen LogP contribution in [0.3, 0.4) is 0 Å². The number of benzene rings is 2. The van der Waals surface area contributed by atoms with Gasteiger partial charge in [-0.1, -0.05) is 64.1 Å². The van der Waals surface area contributed by atoms with Gasteiger partial charge < -0.3 is 40.2 Å². The summed E-state index contributed by atoms with van der Waals surface area (Å²) in [5, 5.41) is 8.26. The molecule has 14 nitrogen and oxygen atoms in total. The van der Waals surface area contributed by atoms with Gasteiger partial charge in [0, 0.05) is 25.3 Å². The molecule has 5 amide bonds. The summed E-state index contributed by atoms with van der Waals surface area (Å²) < 4.78 is 9.40. The summed E-state index contributed by atoms with van der Waals surface area (Å²) in [4.78, 5) is 74.8. The second-order valence-corrected chi connectivity index (χ2v) is 14.0. The van der Waals surface area contributed by atoms with Crippen LogP contribution in [0.2, 0.25) is 0 Å². The normalized spacial score (nSPS) is 18.2. The summed E-state index contributed by atoms with van der Waals surface area (Å²) in [5.74, 6) is -0.439. The lowest BCUT2D eigenvalue weighted by Gasteiger charge is -2.30. The number of hydrogen-bond donors (Lipinski definition) is 4. The SMILES string of the molecule is COC(=O)N[C@H](C(=O)N1CCC[C@H]1c1ncc(-c2ccc(-c3ccc(NC(=O)[C@H]4CCN(C(=O)[C@H](NC(=O)OC)C(C)C)C4)cc3)cc2)[nH]1)C(C)C.